The van der Waals surface area contributed by atoms with Crippen molar-refractivity contribution in [3.05, 3.63) is 98.7 Å². The summed E-state index contributed by atoms with van der Waals surface area (Å²) in [6.45, 7) is 5.18. The predicted octanol–water partition coefficient (Wildman–Crippen LogP) is 3.90. The summed E-state index contributed by atoms with van der Waals surface area (Å²) < 4.78 is 22.4. The summed E-state index contributed by atoms with van der Waals surface area (Å²) in [5, 5.41) is 6.30. The zero-order valence-corrected chi connectivity index (χ0v) is 23.2. The molecule has 0 radical (unpaired) electrons. The quantitative estimate of drug-likeness (QED) is 0.0976. The van der Waals surface area contributed by atoms with Gasteiger partial charge < -0.3 is 35.7 Å². The van der Waals surface area contributed by atoms with Gasteiger partial charge in [0.2, 0.25) is 0 Å². The standard InChI is InChI=1S/C30H36N6O5/c1-2-20-17-21(30(37)34-9-11-38-13-15-40-16-14-39-12-10-35-36-33)3-6-24(20)29-25-7-4-22(31)18-27(25)41-28-19-23(32)5-8-26(28)29/h3-8,17-19,22H,2,9-16,31-32H2,1H3,(H,34,37). The van der Waals surface area contributed by atoms with Crippen LogP contribution in [0.4, 0.5) is 5.69 Å². The van der Waals surface area contributed by atoms with Gasteiger partial charge in [-0.05, 0) is 53.4 Å². The average molecular weight is 561 g/mol. The average Bonchev–Trinajstić information content (AvgIpc) is 2.97. The number of nitrogens with one attached hydrogen (secondary N) is 1. The van der Waals surface area contributed by atoms with E-state index < -0.39 is 0 Å². The number of hydrogen-bond donors (Lipinski definition) is 3. The fraction of sp³-hybridized carbons (Fsp3) is 0.367. The summed E-state index contributed by atoms with van der Waals surface area (Å²) in [5.41, 5.74) is 26.6. The first-order valence-electron chi connectivity index (χ1n) is 13.7. The van der Waals surface area contributed by atoms with Gasteiger partial charge in [-0.2, -0.15) is 0 Å². The van der Waals surface area contributed by atoms with Crippen molar-refractivity contribution in [3.8, 4) is 5.75 Å². The van der Waals surface area contributed by atoms with Gasteiger partial charge in [0.1, 0.15) is 11.5 Å². The number of hydrogen-bond acceptors (Lipinski definition) is 8. The second-order valence-corrected chi connectivity index (χ2v) is 9.39. The van der Waals surface area contributed by atoms with E-state index in [0.29, 0.717) is 75.5 Å². The second-order valence-electron chi connectivity index (χ2n) is 9.39. The van der Waals surface area contributed by atoms with Crippen LogP contribution in [-0.4, -0.2) is 64.7 Å². The van der Waals surface area contributed by atoms with Gasteiger partial charge in [0.25, 0.3) is 5.91 Å². The topological polar surface area (TPSA) is 167 Å². The minimum Gasteiger partial charge on any atom is -0.456 e. The highest BCUT2D eigenvalue weighted by molar-refractivity contribution is 5.97. The summed E-state index contributed by atoms with van der Waals surface area (Å²) in [7, 11) is 0. The van der Waals surface area contributed by atoms with Gasteiger partial charge >= 0.3 is 0 Å². The Morgan fingerprint density at radius 2 is 1.78 bits per heavy atom. The Bertz CT molecular complexity index is 1380. The van der Waals surface area contributed by atoms with Crippen LogP contribution >= 0.6 is 0 Å². The number of carbonyl (C=O) groups excluding carboxylic acids is 1. The summed E-state index contributed by atoms with van der Waals surface area (Å²) in [6.07, 6.45) is 6.58. The summed E-state index contributed by atoms with van der Waals surface area (Å²) in [4.78, 5) is 15.5. The van der Waals surface area contributed by atoms with Gasteiger partial charge in [-0.1, -0.05) is 30.3 Å². The Morgan fingerprint density at radius 1 is 1.05 bits per heavy atom. The molecule has 11 nitrogen and oxygen atoms in total. The molecule has 2 aliphatic rings. The lowest BCUT2D eigenvalue weighted by molar-refractivity contribution is 0.0166. The van der Waals surface area contributed by atoms with E-state index in [-0.39, 0.29) is 11.9 Å². The maximum Gasteiger partial charge on any atom is 0.251 e. The Balaban J connectivity index is 1.33. The van der Waals surface area contributed by atoms with E-state index >= 15 is 0 Å². The molecule has 5 N–H and O–H groups in total. The van der Waals surface area contributed by atoms with Crippen molar-refractivity contribution < 1.29 is 23.7 Å². The van der Waals surface area contributed by atoms with E-state index in [1.54, 1.807) is 0 Å². The van der Waals surface area contributed by atoms with Gasteiger partial charge in [0.05, 0.1) is 39.6 Å². The normalized spacial score (nSPS) is 15.4. The number of carbonyl (C=O) groups is 1. The Morgan fingerprint density at radius 3 is 2.54 bits per heavy atom. The molecule has 4 rings (SSSR count). The molecule has 1 unspecified atom stereocenters. The Labute approximate surface area is 239 Å². The molecule has 0 bridgehead atoms. The number of nitrogens with zero attached hydrogens (tertiary/aromatic N) is 3. The third kappa shape index (κ3) is 7.97. The van der Waals surface area contributed by atoms with Crippen molar-refractivity contribution in [3.63, 3.8) is 0 Å². The van der Waals surface area contributed by atoms with Gasteiger partial charge in [-0.3, -0.25) is 4.79 Å². The lowest BCUT2D eigenvalue weighted by atomic mass is 9.84. The molecule has 1 heterocycles. The third-order valence-electron chi connectivity index (χ3n) is 6.55. The van der Waals surface area contributed by atoms with Gasteiger partial charge in [0, 0.05) is 58.1 Å². The molecule has 0 saturated carbocycles. The van der Waals surface area contributed by atoms with E-state index in [2.05, 4.69) is 22.3 Å². The van der Waals surface area contributed by atoms with Crippen LogP contribution in [0.2, 0.25) is 0 Å². The van der Waals surface area contributed by atoms with E-state index in [9.17, 15) is 4.79 Å². The number of fused-ring (bicyclic) bond motifs is 2. The molecule has 1 atom stereocenters. The van der Waals surface area contributed by atoms with Gasteiger partial charge in [0.15, 0.2) is 0 Å². The highest BCUT2D eigenvalue weighted by Gasteiger charge is 2.28. The monoisotopic (exact) mass is 560 g/mol. The number of aryl methyl sites for hydroxylation is 1. The lowest BCUT2D eigenvalue weighted by Gasteiger charge is -2.28. The minimum absolute atomic E-state index is 0.161. The van der Waals surface area contributed by atoms with Crippen LogP contribution in [-0.2, 0) is 20.6 Å². The summed E-state index contributed by atoms with van der Waals surface area (Å²) >= 11 is 0. The summed E-state index contributed by atoms with van der Waals surface area (Å²) in [5.74, 6) is 1.23. The first-order chi connectivity index (χ1) is 20.0. The first-order valence-corrected chi connectivity index (χ1v) is 13.7. The lowest BCUT2D eigenvalue weighted by Crippen LogP contribution is -2.28. The zero-order valence-electron chi connectivity index (χ0n) is 23.2. The highest BCUT2D eigenvalue weighted by atomic mass is 16.5. The van der Waals surface area contributed by atoms with E-state index in [0.717, 1.165) is 34.3 Å². The van der Waals surface area contributed by atoms with Crippen LogP contribution in [0, 0.1) is 0 Å². The number of anilines is 1. The highest BCUT2D eigenvalue weighted by Crippen LogP contribution is 2.44. The molecule has 0 fully saturated rings. The smallest absolute Gasteiger partial charge is 0.251 e. The van der Waals surface area contributed by atoms with E-state index in [1.807, 2.05) is 54.6 Å². The Kier molecular flexibility index (Phi) is 10.9. The van der Waals surface area contributed by atoms with Crippen molar-refractivity contribution in [2.45, 2.75) is 19.4 Å². The molecule has 216 valence electrons. The molecular weight excluding hydrogens is 524 g/mol. The number of amides is 1. The first kappa shape index (κ1) is 29.9. The van der Waals surface area contributed by atoms with Gasteiger partial charge in [-0.25, -0.2) is 0 Å². The fourth-order valence-electron chi connectivity index (χ4n) is 4.59. The van der Waals surface area contributed by atoms with Crippen LogP contribution in [0.25, 0.3) is 16.0 Å². The molecule has 0 spiro atoms. The molecular formula is C30H36N6O5. The fourth-order valence-corrected chi connectivity index (χ4v) is 4.59. The number of nitrogens with two attached hydrogens (primary N) is 2. The second kappa shape index (κ2) is 15.0. The van der Waals surface area contributed by atoms with E-state index in [4.69, 9.17) is 35.9 Å². The van der Waals surface area contributed by atoms with Crippen molar-refractivity contribution >= 4 is 17.2 Å². The molecule has 41 heavy (non-hydrogen) atoms. The maximum absolute atomic E-state index is 12.9. The van der Waals surface area contributed by atoms with Crippen molar-refractivity contribution in [1.29, 1.82) is 0 Å². The largest absolute Gasteiger partial charge is 0.456 e. The minimum atomic E-state index is -0.229. The number of azide groups is 1. The third-order valence-corrected chi connectivity index (χ3v) is 6.55. The summed E-state index contributed by atoms with van der Waals surface area (Å²) in [6, 6.07) is 11.2. The Hall–Kier alpha value is -4.12. The molecule has 2 aromatic rings. The molecule has 1 aliphatic heterocycles. The van der Waals surface area contributed by atoms with Crippen molar-refractivity contribution in [2.24, 2.45) is 10.8 Å². The molecule has 1 aliphatic carbocycles. The number of benzene rings is 2. The molecule has 0 saturated heterocycles. The van der Waals surface area contributed by atoms with Gasteiger partial charge in [-0.15, -0.1) is 0 Å². The molecule has 1 amide bonds. The molecule has 0 aromatic heterocycles. The number of allylic oxidation sites excluding steroid dienone is 1. The molecule has 2 aromatic carbocycles. The maximum atomic E-state index is 12.9. The predicted molar refractivity (Wildman–Crippen MR) is 157 cm³/mol. The van der Waals surface area contributed by atoms with Crippen molar-refractivity contribution in [2.75, 3.05) is 58.5 Å². The van der Waals surface area contributed by atoms with Crippen molar-refractivity contribution in [1.82, 2.24) is 5.32 Å². The number of ether oxygens (including phenoxy) is 4. The van der Waals surface area contributed by atoms with Crippen LogP contribution in [0.15, 0.2) is 71.1 Å². The van der Waals surface area contributed by atoms with Crippen LogP contribution in [0.5, 0.6) is 5.75 Å². The SMILES string of the molecule is CCc1cc(C(=O)NCCOCCOCCOCCN=[N+]=[N-])ccc1C1=C2C=CC(N)C=C2Oc2cc(N)ccc21. The number of rotatable bonds is 15. The van der Waals surface area contributed by atoms with Crippen LogP contribution in [0.3, 0.4) is 0 Å². The van der Waals surface area contributed by atoms with Crippen LogP contribution in [0.1, 0.15) is 34.0 Å². The number of nitrogen functional groups attached to an aromatic ring is 1. The zero-order chi connectivity index (χ0) is 29.0. The van der Waals surface area contributed by atoms with E-state index in [1.165, 1.54) is 0 Å². The van der Waals surface area contributed by atoms with Crippen LogP contribution < -0.4 is 21.5 Å². The molecule has 11 heteroatoms.